The number of benzene rings is 1. The van der Waals surface area contributed by atoms with E-state index in [0.717, 1.165) is 12.8 Å². The first-order valence-corrected chi connectivity index (χ1v) is 5.84. The molecule has 1 aromatic carbocycles. The van der Waals surface area contributed by atoms with E-state index in [1.807, 2.05) is 0 Å². The van der Waals surface area contributed by atoms with E-state index < -0.39 is 4.92 Å². The molecule has 0 aliphatic carbocycles. The number of rotatable bonds is 3. The first-order chi connectivity index (χ1) is 8.68. The van der Waals surface area contributed by atoms with Crippen molar-refractivity contribution in [3.63, 3.8) is 0 Å². The van der Waals surface area contributed by atoms with E-state index in [9.17, 15) is 14.9 Å². The van der Waals surface area contributed by atoms with Gasteiger partial charge in [0.1, 0.15) is 0 Å². The molecular weight excluding hydrogens is 236 g/mol. The minimum Gasteiger partial charge on any atom is -0.272 e. The highest BCUT2D eigenvalue weighted by atomic mass is 16.7. The van der Waals surface area contributed by atoms with Crippen molar-refractivity contribution < 1.29 is 14.6 Å². The maximum Gasteiger partial charge on any atom is 0.273 e. The van der Waals surface area contributed by atoms with Crippen molar-refractivity contribution in [2.75, 3.05) is 13.2 Å². The standard InChI is InChI=1S/C12H14N2O4/c15-12(13-7-3-4-8-18-13)9-10-5-1-2-6-11(10)14(16)17/h1-2,5-6H,3-4,7-9H2. The van der Waals surface area contributed by atoms with E-state index in [0.29, 0.717) is 18.7 Å². The van der Waals surface area contributed by atoms with Gasteiger partial charge in [0.2, 0.25) is 0 Å². The average molecular weight is 250 g/mol. The van der Waals surface area contributed by atoms with Gasteiger partial charge >= 0.3 is 0 Å². The van der Waals surface area contributed by atoms with Gasteiger partial charge in [0.15, 0.2) is 0 Å². The molecule has 0 aromatic heterocycles. The number of para-hydroxylation sites is 1. The molecule has 2 rings (SSSR count). The molecule has 0 unspecified atom stereocenters. The number of nitro benzene ring substituents is 1. The van der Waals surface area contributed by atoms with Crippen molar-refractivity contribution in [3.05, 3.63) is 39.9 Å². The number of amides is 1. The zero-order valence-electron chi connectivity index (χ0n) is 9.87. The quantitative estimate of drug-likeness (QED) is 0.604. The summed E-state index contributed by atoms with van der Waals surface area (Å²) in [5.74, 6) is -0.232. The van der Waals surface area contributed by atoms with Gasteiger partial charge in [-0.3, -0.25) is 19.7 Å². The van der Waals surface area contributed by atoms with Crippen LogP contribution in [0, 0.1) is 10.1 Å². The fourth-order valence-corrected chi connectivity index (χ4v) is 1.88. The normalized spacial score (nSPS) is 15.4. The van der Waals surface area contributed by atoms with Crippen LogP contribution in [-0.2, 0) is 16.1 Å². The number of nitro groups is 1. The number of carbonyl (C=O) groups is 1. The van der Waals surface area contributed by atoms with Gasteiger partial charge in [-0.1, -0.05) is 18.2 Å². The summed E-state index contributed by atoms with van der Waals surface area (Å²) in [7, 11) is 0. The second-order valence-electron chi connectivity index (χ2n) is 4.10. The zero-order valence-corrected chi connectivity index (χ0v) is 9.87. The largest absolute Gasteiger partial charge is 0.273 e. The van der Waals surface area contributed by atoms with Crippen LogP contribution in [0.3, 0.4) is 0 Å². The zero-order chi connectivity index (χ0) is 13.0. The Kier molecular flexibility index (Phi) is 3.88. The maximum absolute atomic E-state index is 11.9. The summed E-state index contributed by atoms with van der Waals surface area (Å²) >= 11 is 0. The van der Waals surface area contributed by atoms with Gasteiger partial charge in [0, 0.05) is 18.2 Å². The van der Waals surface area contributed by atoms with Crippen LogP contribution in [0.2, 0.25) is 0 Å². The topological polar surface area (TPSA) is 72.7 Å². The van der Waals surface area contributed by atoms with Gasteiger partial charge in [-0.15, -0.1) is 0 Å². The number of hydrogen-bond acceptors (Lipinski definition) is 4. The molecule has 1 aliphatic rings. The Morgan fingerprint density at radius 3 is 2.83 bits per heavy atom. The van der Waals surface area contributed by atoms with Crippen molar-refractivity contribution in [3.8, 4) is 0 Å². The fourth-order valence-electron chi connectivity index (χ4n) is 1.88. The van der Waals surface area contributed by atoms with Crippen molar-refractivity contribution in [1.29, 1.82) is 0 Å². The number of nitrogens with zero attached hydrogens (tertiary/aromatic N) is 2. The molecule has 1 aliphatic heterocycles. The molecule has 0 spiro atoms. The minimum atomic E-state index is -0.473. The molecule has 0 N–H and O–H groups in total. The molecule has 96 valence electrons. The van der Waals surface area contributed by atoms with Crippen LogP contribution in [0.25, 0.3) is 0 Å². The Hall–Kier alpha value is -1.95. The average Bonchev–Trinajstić information content (AvgIpc) is 2.40. The predicted octanol–water partition coefficient (Wildman–Crippen LogP) is 1.69. The molecule has 0 bridgehead atoms. The van der Waals surface area contributed by atoms with Crippen LogP contribution >= 0.6 is 0 Å². The Morgan fingerprint density at radius 2 is 2.17 bits per heavy atom. The van der Waals surface area contributed by atoms with E-state index >= 15 is 0 Å². The second kappa shape index (κ2) is 5.59. The highest BCUT2D eigenvalue weighted by molar-refractivity contribution is 5.79. The Balaban J connectivity index is 2.08. The number of hydrogen-bond donors (Lipinski definition) is 0. The lowest BCUT2D eigenvalue weighted by Crippen LogP contribution is -2.36. The van der Waals surface area contributed by atoms with Crippen LogP contribution < -0.4 is 0 Å². The third-order valence-corrected chi connectivity index (χ3v) is 2.81. The molecule has 1 fully saturated rings. The molecular formula is C12H14N2O4. The van der Waals surface area contributed by atoms with Gasteiger partial charge in [0.05, 0.1) is 18.0 Å². The van der Waals surface area contributed by atoms with E-state index in [1.54, 1.807) is 18.2 Å². The van der Waals surface area contributed by atoms with Crippen molar-refractivity contribution in [2.45, 2.75) is 19.3 Å². The summed E-state index contributed by atoms with van der Waals surface area (Å²) < 4.78 is 0. The van der Waals surface area contributed by atoms with Crippen molar-refractivity contribution in [1.82, 2.24) is 5.06 Å². The Morgan fingerprint density at radius 1 is 1.39 bits per heavy atom. The molecule has 0 atom stereocenters. The molecule has 0 radical (unpaired) electrons. The first kappa shape index (κ1) is 12.5. The Labute approximate surface area is 104 Å². The third-order valence-electron chi connectivity index (χ3n) is 2.81. The predicted molar refractivity (Wildman–Crippen MR) is 63.7 cm³/mol. The van der Waals surface area contributed by atoms with E-state index in [1.165, 1.54) is 11.1 Å². The van der Waals surface area contributed by atoms with E-state index in [2.05, 4.69) is 0 Å². The van der Waals surface area contributed by atoms with Gasteiger partial charge in [0.25, 0.3) is 11.6 Å². The van der Waals surface area contributed by atoms with Gasteiger partial charge in [-0.25, -0.2) is 5.06 Å². The molecule has 1 aromatic rings. The molecule has 1 heterocycles. The van der Waals surface area contributed by atoms with Crippen LogP contribution in [0.4, 0.5) is 5.69 Å². The second-order valence-corrected chi connectivity index (χ2v) is 4.10. The number of hydroxylamine groups is 2. The molecule has 6 heteroatoms. The highest BCUT2D eigenvalue weighted by Crippen LogP contribution is 2.19. The highest BCUT2D eigenvalue weighted by Gasteiger charge is 2.21. The summed E-state index contributed by atoms with van der Waals surface area (Å²) in [6, 6.07) is 6.27. The number of carbonyl (C=O) groups excluding carboxylic acids is 1. The SMILES string of the molecule is O=C(Cc1ccccc1[N+](=O)[O-])N1CCCCO1. The van der Waals surface area contributed by atoms with E-state index in [-0.39, 0.29) is 18.0 Å². The fraction of sp³-hybridized carbons (Fsp3) is 0.417. The lowest BCUT2D eigenvalue weighted by Gasteiger charge is -2.25. The molecule has 1 amide bonds. The molecule has 6 nitrogen and oxygen atoms in total. The van der Waals surface area contributed by atoms with Crippen LogP contribution in [0.15, 0.2) is 24.3 Å². The lowest BCUT2D eigenvalue weighted by atomic mass is 10.1. The molecule has 18 heavy (non-hydrogen) atoms. The van der Waals surface area contributed by atoms with Gasteiger partial charge in [-0.2, -0.15) is 0 Å². The summed E-state index contributed by atoms with van der Waals surface area (Å²) in [6.07, 6.45) is 1.84. The van der Waals surface area contributed by atoms with Crippen LogP contribution in [0.5, 0.6) is 0 Å². The van der Waals surface area contributed by atoms with Gasteiger partial charge < -0.3 is 0 Å². The summed E-state index contributed by atoms with van der Waals surface area (Å²) in [5.41, 5.74) is 0.393. The van der Waals surface area contributed by atoms with E-state index in [4.69, 9.17) is 4.84 Å². The Bertz CT molecular complexity index is 455. The van der Waals surface area contributed by atoms with Crippen molar-refractivity contribution in [2.24, 2.45) is 0 Å². The monoisotopic (exact) mass is 250 g/mol. The summed E-state index contributed by atoms with van der Waals surface area (Å²) in [5, 5.41) is 12.1. The minimum absolute atomic E-state index is 0.00282. The molecule has 1 saturated heterocycles. The summed E-state index contributed by atoms with van der Waals surface area (Å²) in [6.45, 7) is 1.09. The van der Waals surface area contributed by atoms with Crippen LogP contribution in [-0.4, -0.2) is 29.0 Å². The smallest absolute Gasteiger partial charge is 0.272 e. The maximum atomic E-state index is 11.9. The van der Waals surface area contributed by atoms with Gasteiger partial charge in [-0.05, 0) is 12.8 Å². The lowest BCUT2D eigenvalue weighted by molar-refractivity contribution is -0.385. The molecule has 0 saturated carbocycles. The summed E-state index contributed by atoms with van der Waals surface area (Å²) in [4.78, 5) is 27.5. The van der Waals surface area contributed by atoms with Crippen molar-refractivity contribution >= 4 is 11.6 Å². The third kappa shape index (κ3) is 2.84. The first-order valence-electron chi connectivity index (χ1n) is 5.84. The van der Waals surface area contributed by atoms with Crippen LogP contribution in [0.1, 0.15) is 18.4 Å².